The molecule has 7 heteroatoms. The molecule has 1 aromatic carbocycles. The van der Waals surface area contributed by atoms with Crippen LogP contribution >= 0.6 is 23.1 Å². The second kappa shape index (κ2) is 7.02. The van der Waals surface area contributed by atoms with E-state index in [1.807, 2.05) is 22.9 Å². The molecule has 0 saturated heterocycles. The fraction of sp³-hybridized carbons (Fsp3) is 0.333. The Hall–Kier alpha value is -1.73. The minimum absolute atomic E-state index is 0.520. The van der Waals surface area contributed by atoms with Crippen molar-refractivity contribution >= 4 is 23.1 Å². The number of rotatable bonds is 6. The quantitative estimate of drug-likeness (QED) is 0.644. The first-order valence-corrected chi connectivity index (χ1v) is 8.97. The van der Waals surface area contributed by atoms with Crippen LogP contribution in [0.4, 0.5) is 0 Å². The van der Waals surface area contributed by atoms with Crippen LogP contribution in [0.1, 0.15) is 19.5 Å². The molecule has 0 aliphatic heterocycles. The highest BCUT2D eigenvalue weighted by Crippen LogP contribution is 2.27. The van der Waals surface area contributed by atoms with E-state index in [1.54, 1.807) is 23.1 Å². The lowest BCUT2D eigenvalue weighted by molar-refractivity contribution is 0.446. The summed E-state index contributed by atoms with van der Waals surface area (Å²) < 4.78 is 1.86. The van der Waals surface area contributed by atoms with E-state index < -0.39 is 0 Å². The highest BCUT2D eigenvalue weighted by Gasteiger charge is 2.10. The zero-order valence-electron chi connectivity index (χ0n) is 12.5. The zero-order valence-corrected chi connectivity index (χ0v) is 14.1. The fourth-order valence-electron chi connectivity index (χ4n) is 1.99. The van der Waals surface area contributed by atoms with Crippen LogP contribution in [0.2, 0.25) is 0 Å². The molecular formula is C15H17N5S2. The Bertz CT molecular complexity index is 720. The monoisotopic (exact) mass is 331 g/mol. The summed E-state index contributed by atoms with van der Waals surface area (Å²) in [6.07, 6.45) is 0. The summed E-state index contributed by atoms with van der Waals surface area (Å²) >= 11 is 3.30. The Labute approximate surface area is 137 Å². The normalized spacial score (nSPS) is 11.2. The number of tetrazole rings is 1. The van der Waals surface area contributed by atoms with E-state index in [2.05, 4.69) is 46.9 Å². The van der Waals surface area contributed by atoms with E-state index in [-0.39, 0.29) is 0 Å². The summed E-state index contributed by atoms with van der Waals surface area (Å²) in [5.74, 6) is 1.30. The van der Waals surface area contributed by atoms with Crippen LogP contribution in [0.15, 0.2) is 40.9 Å². The summed E-state index contributed by atoms with van der Waals surface area (Å²) in [6, 6.07) is 10.2. The van der Waals surface area contributed by atoms with Crippen molar-refractivity contribution in [2.75, 3.05) is 0 Å². The average molecular weight is 331 g/mol. The van der Waals surface area contributed by atoms with E-state index in [9.17, 15) is 0 Å². The van der Waals surface area contributed by atoms with Gasteiger partial charge in [0, 0.05) is 23.2 Å². The SMILES string of the molecule is CC(C)Cn1nnnc1SCc1csc(-c2ccccc2)n1. The Balaban J connectivity index is 1.65. The van der Waals surface area contributed by atoms with Gasteiger partial charge in [0.25, 0.3) is 0 Å². The van der Waals surface area contributed by atoms with Crippen molar-refractivity contribution in [2.24, 2.45) is 5.92 Å². The predicted molar refractivity (Wildman–Crippen MR) is 89.8 cm³/mol. The van der Waals surface area contributed by atoms with Crippen molar-refractivity contribution in [3.05, 3.63) is 41.4 Å². The first-order chi connectivity index (χ1) is 10.7. The predicted octanol–water partition coefficient (Wildman–Crippen LogP) is 3.74. The van der Waals surface area contributed by atoms with Crippen LogP contribution in [0.5, 0.6) is 0 Å². The Morgan fingerprint density at radius 2 is 2.05 bits per heavy atom. The number of aromatic nitrogens is 5. The summed E-state index contributed by atoms with van der Waals surface area (Å²) in [5.41, 5.74) is 2.22. The molecule has 5 nitrogen and oxygen atoms in total. The topological polar surface area (TPSA) is 56.5 Å². The lowest BCUT2D eigenvalue weighted by Crippen LogP contribution is -2.07. The Kier molecular flexibility index (Phi) is 4.84. The molecule has 0 amide bonds. The standard InChI is InChI=1S/C15H17N5S2/c1-11(2)8-20-15(17-18-19-20)22-10-13-9-21-14(16-13)12-6-4-3-5-7-12/h3-7,9,11H,8,10H2,1-2H3. The number of hydrogen-bond acceptors (Lipinski definition) is 6. The van der Waals surface area contributed by atoms with Gasteiger partial charge in [-0.25, -0.2) is 9.67 Å². The maximum Gasteiger partial charge on any atom is 0.209 e. The third kappa shape index (κ3) is 3.72. The van der Waals surface area contributed by atoms with E-state index in [1.165, 1.54) is 0 Å². The van der Waals surface area contributed by atoms with E-state index in [0.29, 0.717) is 5.92 Å². The Morgan fingerprint density at radius 3 is 2.82 bits per heavy atom. The lowest BCUT2D eigenvalue weighted by Gasteiger charge is -2.05. The molecule has 3 aromatic rings. The molecule has 0 radical (unpaired) electrons. The van der Waals surface area contributed by atoms with Crippen LogP contribution in [-0.4, -0.2) is 25.2 Å². The van der Waals surface area contributed by atoms with Crippen LogP contribution in [0.25, 0.3) is 10.6 Å². The number of thioether (sulfide) groups is 1. The molecule has 22 heavy (non-hydrogen) atoms. The summed E-state index contributed by atoms with van der Waals surface area (Å²) in [6.45, 7) is 5.15. The van der Waals surface area contributed by atoms with Crippen LogP contribution in [0, 0.1) is 5.92 Å². The highest BCUT2D eigenvalue weighted by atomic mass is 32.2. The highest BCUT2D eigenvalue weighted by molar-refractivity contribution is 7.98. The van der Waals surface area contributed by atoms with Crippen molar-refractivity contribution in [3.8, 4) is 10.6 Å². The van der Waals surface area contributed by atoms with E-state index >= 15 is 0 Å². The molecule has 0 saturated carbocycles. The zero-order chi connectivity index (χ0) is 15.4. The van der Waals surface area contributed by atoms with Gasteiger partial charge >= 0.3 is 0 Å². The number of nitrogens with zero attached hydrogens (tertiary/aromatic N) is 5. The van der Waals surface area contributed by atoms with Gasteiger partial charge in [-0.2, -0.15) is 0 Å². The summed E-state index contributed by atoms with van der Waals surface area (Å²) in [5, 5.41) is 15.9. The molecule has 114 valence electrons. The van der Waals surface area contributed by atoms with Crippen molar-refractivity contribution in [2.45, 2.75) is 31.3 Å². The molecule has 2 aromatic heterocycles. The molecule has 3 rings (SSSR count). The van der Waals surface area contributed by atoms with Gasteiger partial charge in [0.2, 0.25) is 5.16 Å². The van der Waals surface area contributed by atoms with Gasteiger partial charge in [-0.1, -0.05) is 55.9 Å². The third-order valence-corrected chi connectivity index (χ3v) is 4.89. The molecule has 0 aliphatic carbocycles. The van der Waals surface area contributed by atoms with Gasteiger partial charge in [-0.05, 0) is 16.3 Å². The number of benzene rings is 1. The molecular weight excluding hydrogens is 314 g/mol. The molecule has 0 unspecified atom stereocenters. The Morgan fingerprint density at radius 1 is 1.23 bits per heavy atom. The maximum atomic E-state index is 4.69. The van der Waals surface area contributed by atoms with Crippen molar-refractivity contribution in [3.63, 3.8) is 0 Å². The molecule has 2 heterocycles. The second-order valence-electron chi connectivity index (χ2n) is 5.34. The molecule has 0 N–H and O–H groups in total. The van der Waals surface area contributed by atoms with E-state index in [4.69, 9.17) is 4.98 Å². The van der Waals surface area contributed by atoms with Crippen molar-refractivity contribution < 1.29 is 0 Å². The molecule has 0 atom stereocenters. The van der Waals surface area contributed by atoms with Crippen molar-refractivity contribution in [1.29, 1.82) is 0 Å². The smallest absolute Gasteiger partial charge is 0.209 e. The summed E-state index contributed by atoms with van der Waals surface area (Å²) in [7, 11) is 0. The van der Waals surface area contributed by atoms with Gasteiger partial charge in [-0.3, -0.25) is 0 Å². The summed E-state index contributed by atoms with van der Waals surface area (Å²) in [4.78, 5) is 4.69. The minimum Gasteiger partial charge on any atom is -0.240 e. The number of hydrogen-bond donors (Lipinski definition) is 0. The van der Waals surface area contributed by atoms with Gasteiger partial charge in [0.1, 0.15) is 5.01 Å². The van der Waals surface area contributed by atoms with Gasteiger partial charge < -0.3 is 0 Å². The average Bonchev–Trinajstić information content (AvgIpc) is 3.15. The number of thiazole rings is 1. The van der Waals surface area contributed by atoms with Crippen LogP contribution in [-0.2, 0) is 12.3 Å². The lowest BCUT2D eigenvalue weighted by atomic mass is 10.2. The first kappa shape index (κ1) is 15.2. The van der Waals surface area contributed by atoms with Gasteiger partial charge in [-0.15, -0.1) is 16.4 Å². The molecule has 0 fully saturated rings. The fourth-order valence-corrected chi connectivity index (χ4v) is 3.70. The van der Waals surface area contributed by atoms with Crippen LogP contribution in [0.3, 0.4) is 0 Å². The van der Waals surface area contributed by atoms with Gasteiger partial charge in [0.05, 0.1) is 5.69 Å². The van der Waals surface area contributed by atoms with Crippen LogP contribution < -0.4 is 0 Å². The first-order valence-electron chi connectivity index (χ1n) is 7.11. The minimum atomic E-state index is 0.520. The second-order valence-corrected chi connectivity index (χ2v) is 7.14. The largest absolute Gasteiger partial charge is 0.240 e. The maximum absolute atomic E-state index is 4.69. The molecule has 0 bridgehead atoms. The van der Waals surface area contributed by atoms with E-state index in [0.717, 1.165) is 33.7 Å². The third-order valence-electron chi connectivity index (χ3n) is 2.96. The van der Waals surface area contributed by atoms with Crippen molar-refractivity contribution in [1.82, 2.24) is 25.2 Å². The molecule has 0 spiro atoms. The molecule has 0 aliphatic rings. The van der Waals surface area contributed by atoms with Gasteiger partial charge in [0.15, 0.2) is 0 Å².